The van der Waals surface area contributed by atoms with Crippen molar-refractivity contribution in [2.45, 2.75) is 31.4 Å². The number of piperazine rings is 1. The van der Waals surface area contributed by atoms with Gasteiger partial charge in [-0.3, -0.25) is 9.36 Å². The molecule has 3 aliphatic heterocycles. The Balaban J connectivity index is 1.45. The van der Waals surface area contributed by atoms with E-state index in [2.05, 4.69) is 14.8 Å². The van der Waals surface area contributed by atoms with Crippen LogP contribution in [0.3, 0.4) is 0 Å². The Labute approximate surface area is 206 Å². The van der Waals surface area contributed by atoms with E-state index in [1.165, 1.54) is 4.57 Å². The summed E-state index contributed by atoms with van der Waals surface area (Å²) in [7, 11) is 0. The van der Waals surface area contributed by atoms with Crippen LogP contribution in [0.4, 0.5) is 20.5 Å². The minimum Gasteiger partial charge on any atom is -0.378 e. The molecule has 0 saturated carbocycles. The molecule has 10 nitrogen and oxygen atoms in total. The summed E-state index contributed by atoms with van der Waals surface area (Å²) in [6, 6.07) is 8.87. The van der Waals surface area contributed by atoms with Crippen LogP contribution in [0.25, 0.3) is 16.9 Å². The average molecular weight is 499 g/mol. The number of nitrogens with zero attached hydrogens (tertiary/aromatic N) is 7. The van der Waals surface area contributed by atoms with E-state index in [9.17, 15) is 13.6 Å². The number of amides is 1. The van der Waals surface area contributed by atoms with E-state index in [4.69, 9.17) is 20.4 Å². The fourth-order valence-electron chi connectivity index (χ4n) is 5.63. The molecule has 0 spiro atoms. The molecule has 3 aromatic rings. The number of morpholine rings is 1. The van der Waals surface area contributed by atoms with Crippen LogP contribution in [0, 0.1) is 0 Å². The number of alkyl halides is 2. The Bertz CT molecular complexity index is 1260. The number of hydrogen-bond donors (Lipinski definition) is 1. The Kier molecular flexibility index (Phi) is 5.92. The molecule has 2 bridgehead atoms. The zero-order valence-corrected chi connectivity index (χ0v) is 19.8. The van der Waals surface area contributed by atoms with E-state index < -0.39 is 6.43 Å². The predicted octanol–water partition coefficient (Wildman–Crippen LogP) is 1.73. The van der Waals surface area contributed by atoms with Gasteiger partial charge in [-0.15, -0.1) is 0 Å². The molecule has 0 radical (unpaired) electrons. The second kappa shape index (κ2) is 9.25. The zero-order chi connectivity index (χ0) is 24.8. The maximum atomic E-state index is 14.1. The second-order valence-corrected chi connectivity index (χ2v) is 9.37. The Morgan fingerprint density at radius 3 is 2.42 bits per heavy atom. The summed E-state index contributed by atoms with van der Waals surface area (Å²) in [6.07, 6.45) is -0.987. The van der Waals surface area contributed by atoms with Gasteiger partial charge in [0, 0.05) is 44.3 Å². The van der Waals surface area contributed by atoms with Crippen LogP contribution in [0.1, 0.15) is 25.1 Å². The largest absolute Gasteiger partial charge is 0.378 e. The first-order valence-corrected chi connectivity index (χ1v) is 12.3. The summed E-state index contributed by atoms with van der Waals surface area (Å²) in [5.74, 6) is 1.07. The highest BCUT2D eigenvalue weighted by Crippen LogP contribution is 2.34. The van der Waals surface area contributed by atoms with Crippen LogP contribution in [0.5, 0.6) is 0 Å². The number of hydrogen-bond acceptors (Lipinski definition) is 8. The van der Waals surface area contributed by atoms with Crippen LogP contribution >= 0.6 is 0 Å². The topological polar surface area (TPSA) is 106 Å². The monoisotopic (exact) mass is 498 g/mol. The number of nitrogens with two attached hydrogens (primary N) is 1. The SMILES string of the molecule is NCC(=O)N1C2CCC1CN(c1nc(N3CCOCC3)cc(-n3c(C(F)F)nc4ccccc43)n1)C2. The molecule has 0 aliphatic carbocycles. The van der Waals surface area contributed by atoms with Crippen molar-refractivity contribution >= 4 is 28.7 Å². The van der Waals surface area contributed by atoms with Gasteiger partial charge in [-0.1, -0.05) is 12.1 Å². The molecule has 1 aromatic carbocycles. The lowest BCUT2D eigenvalue weighted by atomic mass is 10.2. The van der Waals surface area contributed by atoms with Gasteiger partial charge in [-0.25, -0.2) is 13.8 Å². The number of halogens is 2. The van der Waals surface area contributed by atoms with Gasteiger partial charge in [-0.2, -0.15) is 9.97 Å². The number of para-hydroxylation sites is 2. The molecule has 3 saturated heterocycles. The Morgan fingerprint density at radius 1 is 1.03 bits per heavy atom. The number of ether oxygens (including phenoxy) is 1. The summed E-state index contributed by atoms with van der Waals surface area (Å²) in [5.41, 5.74) is 6.68. The van der Waals surface area contributed by atoms with E-state index in [1.54, 1.807) is 30.3 Å². The highest BCUT2D eigenvalue weighted by molar-refractivity contribution is 5.80. The molecule has 3 fully saturated rings. The minimum atomic E-state index is -2.77. The summed E-state index contributed by atoms with van der Waals surface area (Å²) in [6.45, 7) is 3.55. The first-order chi connectivity index (χ1) is 17.5. The average Bonchev–Trinajstić information content (AvgIpc) is 3.43. The van der Waals surface area contributed by atoms with Gasteiger partial charge in [0.05, 0.1) is 30.8 Å². The maximum Gasteiger partial charge on any atom is 0.296 e. The first kappa shape index (κ1) is 23.0. The molecular weight excluding hydrogens is 470 g/mol. The molecule has 2 aromatic heterocycles. The van der Waals surface area contributed by atoms with Crippen LogP contribution in [-0.4, -0.2) is 88.3 Å². The van der Waals surface area contributed by atoms with E-state index >= 15 is 0 Å². The quantitative estimate of drug-likeness (QED) is 0.567. The normalized spacial score (nSPS) is 22.2. The van der Waals surface area contributed by atoms with Crippen LogP contribution in [-0.2, 0) is 9.53 Å². The Hall–Kier alpha value is -3.38. The smallest absolute Gasteiger partial charge is 0.296 e. The summed E-state index contributed by atoms with van der Waals surface area (Å²) in [5, 5.41) is 0. The van der Waals surface area contributed by atoms with E-state index in [0.717, 1.165) is 12.8 Å². The van der Waals surface area contributed by atoms with Crippen LogP contribution < -0.4 is 15.5 Å². The van der Waals surface area contributed by atoms with Gasteiger partial charge in [0.25, 0.3) is 6.43 Å². The number of carbonyl (C=O) groups excluding carboxylic acids is 1. The number of aromatic nitrogens is 4. The van der Waals surface area contributed by atoms with Crippen molar-refractivity contribution < 1.29 is 18.3 Å². The predicted molar refractivity (Wildman–Crippen MR) is 130 cm³/mol. The number of carbonyl (C=O) groups is 1. The molecule has 1 amide bonds. The van der Waals surface area contributed by atoms with Gasteiger partial charge in [0.1, 0.15) is 11.6 Å². The fraction of sp³-hybridized carbons (Fsp3) is 0.500. The number of imidazole rings is 1. The van der Waals surface area contributed by atoms with Crippen molar-refractivity contribution in [3.8, 4) is 5.82 Å². The van der Waals surface area contributed by atoms with E-state index in [1.807, 2.05) is 4.90 Å². The number of benzene rings is 1. The fourth-order valence-corrected chi connectivity index (χ4v) is 5.63. The third kappa shape index (κ3) is 3.94. The molecule has 2 unspecified atom stereocenters. The van der Waals surface area contributed by atoms with Crippen molar-refractivity contribution in [1.29, 1.82) is 0 Å². The van der Waals surface area contributed by atoms with Gasteiger partial charge in [-0.05, 0) is 25.0 Å². The van der Waals surface area contributed by atoms with Crippen molar-refractivity contribution in [1.82, 2.24) is 24.4 Å². The van der Waals surface area contributed by atoms with Crippen molar-refractivity contribution in [2.24, 2.45) is 5.73 Å². The van der Waals surface area contributed by atoms with Crippen molar-refractivity contribution in [3.05, 3.63) is 36.2 Å². The van der Waals surface area contributed by atoms with Crippen molar-refractivity contribution in [2.75, 3.05) is 55.7 Å². The lowest BCUT2D eigenvalue weighted by Crippen LogP contribution is -2.57. The second-order valence-electron chi connectivity index (χ2n) is 9.37. The van der Waals surface area contributed by atoms with Crippen molar-refractivity contribution in [3.63, 3.8) is 0 Å². The van der Waals surface area contributed by atoms with Gasteiger partial charge in [0.2, 0.25) is 11.9 Å². The molecule has 6 rings (SSSR count). The first-order valence-electron chi connectivity index (χ1n) is 12.3. The van der Waals surface area contributed by atoms with Gasteiger partial charge >= 0.3 is 0 Å². The molecule has 36 heavy (non-hydrogen) atoms. The summed E-state index contributed by atoms with van der Waals surface area (Å²) in [4.78, 5) is 32.3. The number of rotatable bonds is 5. The molecule has 12 heteroatoms. The highest BCUT2D eigenvalue weighted by atomic mass is 19.3. The maximum absolute atomic E-state index is 14.1. The zero-order valence-electron chi connectivity index (χ0n) is 19.8. The third-order valence-electron chi connectivity index (χ3n) is 7.26. The number of fused-ring (bicyclic) bond motifs is 3. The van der Waals surface area contributed by atoms with Gasteiger partial charge < -0.3 is 25.2 Å². The minimum absolute atomic E-state index is 0.00965. The standard InChI is InChI=1S/C24H28F2N8O2/c25-22(26)23-28-17-3-1-2-4-18(17)34(23)20-11-19(31-7-9-36-10-8-31)29-24(30-20)32-13-15-5-6-16(14-32)33(15)21(35)12-27/h1-4,11,15-16,22H,5-10,12-14,27H2. The Morgan fingerprint density at radius 2 is 1.72 bits per heavy atom. The molecule has 2 atom stereocenters. The molecule has 5 heterocycles. The third-order valence-corrected chi connectivity index (χ3v) is 7.26. The van der Waals surface area contributed by atoms with Crippen LogP contribution in [0.2, 0.25) is 0 Å². The molecule has 3 aliphatic rings. The number of anilines is 2. The molecule has 2 N–H and O–H groups in total. The lowest BCUT2D eigenvalue weighted by Gasteiger charge is -2.41. The highest BCUT2D eigenvalue weighted by Gasteiger charge is 2.43. The van der Waals surface area contributed by atoms with Gasteiger partial charge in [0.15, 0.2) is 5.82 Å². The lowest BCUT2D eigenvalue weighted by molar-refractivity contribution is -0.133. The van der Waals surface area contributed by atoms with E-state index in [-0.39, 0.29) is 30.4 Å². The van der Waals surface area contributed by atoms with E-state index in [0.29, 0.717) is 68.0 Å². The molecular formula is C24H28F2N8O2. The summed E-state index contributed by atoms with van der Waals surface area (Å²) < 4.78 is 35.2. The molecule has 190 valence electrons. The summed E-state index contributed by atoms with van der Waals surface area (Å²) >= 11 is 0. The van der Waals surface area contributed by atoms with Crippen LogP contribution in [0.15, 0.2) is 30.3 Å².